The summed E-state index contributed by atoms with van der Waals surface area (Å²) >= 11 is 1.64. The van der Waals surface area contributed by atoms with Gasteiger partial charge in [-0.05, 0) is 50.6 Å². The van der Waals surface area contributed by atoms with Crippen LogP contribution in [0.5, 0.6) is 0 Å². The Morgan fingerprint density at radius 2 is 1.77 bits per heavy atom. The maximum atomic E-state index is 12.7. The molecule has 2 aliphatic heterocycles. The standard InChI is InChI=1S/C20H19N3O2S/c1-4-22-16-8-6-7-9-17(16)26-18(22)11-10-14-13(3)15(12-21)20(25)23(5-2)19(14)24/h6-11H,4-5H2,1-3H3/b14-10-,18-11-. The Kier molecular flexibility index (Phi) is 5.01. The highest BCUT2D eigenvalue weighted by Crippen LogP contribution is 2.45. The average Bonchev–Trinajstić information content (AvgIpc) is 2.99. The van der Waals surface area contributed by atoms with Gasteiger partial charge in [-0.2, -0.15) is 5.26 Å². The molecule has 1 aromatic rings. The van der Waals surface area contributed by atoms with Gasteiger partial charge in [0.15, 0.2) is 0 Å². The summed E-state index contributed by atoms with van der Waals surface area (Å²) in [7, 11) is 0. The van der Waals surface area contributed by atoms with Crippen molar-refractivity contribution >= 4 is 29.3 Å². The average molecular weight is 365 g/mol. The van der Waals surface area contributed by atoms with E-state index in [9.17, 15) is 14.9 Å². The lowest BCUT2D eigenvalue weighted by Crippen LogP contribution is -2.42. The molecule has 26 heavy (non-hydrogen) atoms. The van der Waals surface area contributed by atoms with Gasteiger partial charge in [-0.25, -0.2) is 0 Å². The number of nitriles is 1. The van der Waals surface area contributed by atoms with E-state index in [0.29, 0.717) is 11.1 Å². The molecule has 2 amide bonds. The number of benzene rings is 1. The summed E-state index contributed by atoms with van der Waals surface area (Å²) in [6.07, 6.45) is 3.62. The molecule has 0 N–H and O–H groups in total. The Hall–Kier alpha value is -2.78. The number of carbonyl (C=O) groups is 2. The second-order valence-corrected chi connectivity index (χ2v) is 6.93. The molecule has 1 aromatic carbocycles. The second-order valence-electron chi connectivity index (χ2n) is 5.87. The summed E-state index contributed by atoms with van der Waals surface area (Å²) in [5.74, 6) is -0.866. The third kappa shape index (κ3) is 2.85. The fourth-order valence-corrected chi connectivity index (χ4v) is 4.23. The minimum Gasteiger partial charge on any atom is -0.335 e. The van der Waals surface area contributed by atoms with Gasteiger partial charge in [0.05, 0.1) is 10.7 Å². The van der Waals surface area contributed by atoms with Gasteiger partial charge in [-0.1, -0.05) is 23.9 Å². The van der Waals surface area contributed by atoms with Crippen molar-refractivity contribution in [2.45, 2.75) is 25.7 Å². The predicted octanol–water partition coefficient (Wildman–Crippen LogP) is 3.62. The number of likely N-dealkylation sites (N-methyl/N-ethyl adjacent to an activating group) is 1. The van der Waals surface area contributed by atoms with Crippen LogP contribution in [0.25, 0.3) is 0 Å². The normalized spacial score (nSPS) is 20.2. The van der Waals surface area contributed by atoms with Crippen LogP contribution in [-0.4, -0.2) is 29.8 Å². The number of hydrogen-bond acceptors (Lipinski definition) is 5. The van der Waals surface area contributed by atoms with Crippen LogP contribution < -0.4 is 4.90 Å². The Morgan fingerprint density at radius 1 is 1.08 bits per heavy atom. The molecule has 0 fully saturated rings. The first-order valence-corrected chi connectivity index (χ1v) is 9.29. The first kappa shape index (κ1) is 18.0. The number of anilines is 1. The Balaban J connectivity index is 2.03. The first-order valence-electron chi connectivity index (χ1n) is 8.47. The molecule has 0 saturated heterocycles. The summed E-state index contributed by atoms with van der Waals surface area (Å²) < 4.78 is 0. The van der Waals surface area contributed by atoms with E-state index in [0.717, 1.165) is 22.2 Å². The van der Waals surface area contributed by atoms with Gasteiger partial charge in [-0.3, -0.25) is 14.5 Å². The number of allylic oxidation sites excluding steroid dienone is 2. The van der Waals surface area contributed by atoms with Crippen molar-refractivity contribution in [2.24, 2.45) is 0 Å². The molecule has 0 saturated carbocycles. The number of nitrogens with zero attached hydrogens (tertiary/aromatic N) is 3. The van der Waals surface area contributed by atoms with Crippen molar-refractivity contribution in [3.63, 3.8) is 0 Å². The fourth-order valence-electron chi connectivity index (χ4n) is 3.10. The van der Waals surface area contributed by atoms with Crippen LogP contribution in [-0.2, 0) is 9.59 Å². The van der Waals surface area contributed by atoms with Gasteiger partial charge in [0.25, 0.3) is 11.8 Å². The maximum absolute atomic E-state index is 12.7. The molecule has 0 spiro atoms. The second kappa shape index (κ2) is 7.22. The van der Waals surface area contributed by atoms with Crippen LogP contribution in [0.15, 0.2) is 63.1 Å². The number of imide groups is 1. The summed E-state index contributed by atoms with van der Waals surface area (Å²) in [6.45, 7) is 6.51. The van der Waals surface area contributed by atoms with Crippen LogP contribution in [0.2, 0.25) is 0 Å². The molecule has 0 bridgehead atoms. The monoisotopic (exact) mass is 365 g/mol. The Bertz CT molecular complexity index is 921. The number of hydrogen-bond donors (Lipinski definition) is 0. The molecule has 0 radical (unpaired) electrons. The van der Waals surface area contributed by atoms with Crippen molar-refractivity contribution in [3.8, 4) is 6.07 Å². The highest BCUT2D eigenvalue weighted by Gasteiger charge is 2.34. The van der Waals surface area contributed by atoms with Gasteiger partial charge in [0.2, 0.25) is 0 Å². The van der Waals surface area contributed by atoms with E-state index in [2.05, 4.69) is 24.0 Å². The highest BCUT2D eigenvalue weighted by molar-refractivity contribution is 8.03. The first-order chi connectivity index (χ1) is 12.5. The number of carbonyl (C=O) groups excluding carboxylic acids is 2. The highest BCUT2D eigenvalue weighted by atomic mass is 32.2. The summed E-state index contributed by atoms with van der Waals surface area (Å²) in [6, 6.07) is 10.1. The third-order valence-corrected chi connectivity index (χ3v) is 5.62. The minimum absolute atomic E-state index is 0.0332. The molecule has 0 atom stereocenters. The summed E-state index contributed by atoms with van der Waals surface area (Å²) in [5, 5.41) is 10.3. The van der Waals surface area contributed by atoms with Crippen molar-refractivity contribution in [3.05, 3.63) is 58.2 Å². The zero-order valence-corrected chi connectivity index (χ0v) is 15.8. The van der Waals surface area contributed by atoms with E-state index >= 15 is 0 Å². The van der Waals surface area contributed by atoms with Gasteiger partial charge in [-0.15, -0.1) is 0 Å². The molecule has 2 heterocycles. The quantitative estimate of drug-likeness (QED) is 0.605. The number of fused-ring (bicyclic) bond motifs is 1. The summed E-state index contributed by atoms with van der Waals surface area (Å²) in [5.41, 5.74) is 2.01. The molecular weight excluding hydrogens is 346 g/mol. The van der Waals surface area contributed by atoms with Gasteiger partial charge < -0.3 is 4.90 Å². The van der Waals surface area contributed by atoms with Gasteiger partial charge in [0.1, 0.15) is 11.6 Å². The van der Waals surface area contributed by atoms with E-state index in [1.54, 1.807) is 31.7 Å². The number of rotatable bonds is 3. The van der Waals surface area contributed by atoms with E-state index in [1.165, 1.54) is 4.90 Å². The Labute approximate surface area is 157 Å². The lowest BCUT2D eigenvalue weighted by molar-refractivity contribution is -0.140. The molecule has 6 heteroatoms. The van der Waals surface area contributed by atoms with Crippen molar-refractivity contribution in [1.82, 2.24) is 4.90 Å². The lowest BCUT2D eigenvalue weighted by Gasteiger charge is -2.26. The zero-order valence-electron chi connectivity index (χ0n) is 14.9. The van der Waals surface area contributed by atoms with Crippen LogP contribution in [0.1, 0.15) is 20.8 Å². The SMILES string of the molecule is CCN1C(=O)C(C#N)=C(C)/C(=C/C=C2\Sc3ccccc3N2CC)C1=O. The predicted molar refractivity (Wildman–Crippen MR) is 102 cm³/mol. The fraction of sp³-hybridized carbons (Fsp3) is 0.250. The molecule has 132 valence electrons. The maximum Gasteiger partial charge on any atom is 0.271 e. The zero-order chi connectivity index (χ0) is 18.8. The molecule has 5 nitrogen and oxygen atoms in total. The van der Waals surface area contributed by atoms with E-state index in [-0.39, 0.29) is 18.0 Å². The van der Waals surface area contributed by atoms with Gasteiger partial charge in [0, 0.05) is 23.6 Å². The van der Waals surface area contributed by atoms with E-state index in [4.69, 9.17) is 0 Å². The van der Waals surface area contributed by atoms with E-state index in [1.807, 2.05) is 24.3 Å². The smallest absolute Gasteiger partial charge is 0.271 e. The lowest BCUT2D eigenvalue weighted by atomic mass is 9.95. The largest absolute Gasteiger partial charge is 0.335 e. The summed E-state index contributed by atoms with van der Waals surface area (Å²) in [4.78, 5) is 29.4. The minimum atomic E-state index is -0.514. The number of amides is 2. The van der Waals surface area contributed by atoms with Crippen molar-refractivity contribution in [1.29, 1.82) is 5.26 Å². The van der Waals surface area contributed by atoms with Crippen LogP contribution >= 0.6 is 11.8 Å². The van der Waals surface area contributed by atoms with Gasteiger partial charge >= 0.3 is 0 Å². The van der Waals surface area contributed by atoms with Crippen LogP contribution in [0.3, 0.4) is 0 Å². The Morgan fingerprint density at radius 3 is 2.42 bits per heavy atom. The van der Waals surface area contributed by atoms with Crippen LogP contribution in [0.4, 0.5) is 5.69 Å². The third-order valence-electron chi connectivity index (χ3n) is 4.49. The van der Waals surface area contributed by atoms with Crippen LogP contribution in [0, 0.1) is 11.3 Å². The molecule has 0 aromatic heterocycles. The van der Waals surface area contributed by atoms with Crippen molar-refractivity contribution < 1.29 is 9.59 Å². The molecular formula is C20H19N3O2S. The number of thioether (sulfide) groups is 1. The molecule has 0 aliphatic carbocycles. The molecule has 0 unspecified atom stereocenters. The number of para-hydroxylation sites is 1. The topological polar surface area (TPSA) is 64.4 Å². The van der Waals surface area contributed by atoms with Crippen molar-refractivity contribution in [2.75, 3.05) is 18.0 Å². The van der Waals surface area contributed by atoms with E-state index < -0.39 is 5.91 Å². The molecule has 2 aliphatic rings. The molecule has 3 rings (SSSR count).